The second kappa shape index (κ2) is 7.90. The Kier molecular flexibility index (Phi) is 5.90. The Labute approximate surface area is 132 Å². The predicted octanol–water partition coefficient (Wildman–Crippen LogP) is 3.37. The van der Waals surface area contributed by atoms with Crippen molar-refractivity contribution in [3.05, 3.63) is 52.5 Å². The lowest BCUT2D eigenvalue weighted by atomic mass is 10.2. The zero-order valence-corrected chi connectivity index (χ0v) is 13.4. The summed E-state index contributed by atoms with van der Waals surface area (Å²) in [4.78, 5) is 0. The van der Waals surface area contributed by atoms with E-state index in [1.165, 1.54) is 0 Å². The van der Waals surface area contributed by atoms with Crippen molar-refractivity contribution >= 4 is 15.9 Å². The summed E-state index contributed by atoms with van der Waals surface area (Å²) in [7, 11) is 1.64. The van der Waals surface area contributed by atoms with Gasteiger partial charge in [-0.2, -0.15) is 0 Å². The minimum absolute atomic E-state index is 0.439. The Bertz CT molecular complexity index is 572. The van der Waals surface area contributed by atoms with Gasteiger partial charge in [-0.1, -0.05) is 12.1 Å². The summed E-state index contributed by atoms with van der Waals surface area (Å²) in [5.41, 5.74) is 6.66. The molecule has 0 amide bonds. The molecule has 0 aromatic heterocycles. The second-order valence-corrected chi connectivity index (χ2v) is 5.16. The number of halogens is 1. The van der Waals surface area contributed by atoms with Crippen molar-refractivity contribution in [1.82, 2.24) is 0 Å². The summed E-state index contributed by atoms with van der Waals surface area (Å²) >= 11 is 3.47. The molecule has 0 bridgehead atoms. The smallest absolute Gasteiger partial charge is 0.138 e. The molecule has 2 aromatic carbocycles. The number of hydrogen-bond donors (Lipinski definition) is 1. The van der Waals surface area contributed by atoms with Crippen molar-refractivity contribution in [1.29, 1.82) is 0 Å². The monoisotopic (exact) mass is 351 g/mol. The van der Waals surface area contributed by atoms with E-state index in [1.807, 2.05) is 42.5 Å². The Morgan fingerprint density at radius 1 is 0.952 bits per heavy atom. The molecule has 112 valence electrons. The maximum absolute atomic E-state index is 5.75. The van der Waals surface area contributed by atoms with Crippen molar-refractivity contribution in [2.75, 3.05) is 20.3 Å². The summed E-state index contributed by atoms with van der Waals surface area (Å²) in [6.45, 7) is 1.34. The highest BCUT2D eigenvalue weighted by atomic mass is 79.9. The molecule has 0 aliphatic carbocycles. The van der Waals surface area contributed by atoms with E-state index in [0.717, 1.165) is 27.3 Å². The zero-order valence-electron chi connectivity index (χ0n) is 11.8. The molecule has 0 radical (unpaired) electrons. The number of benzene rings is 2. The summed E-state index contributed by atoms with van der Waals surface area (Å²) < 4.78 is 17.4. The van der Waals surface area contributed by atoms with Gasteiger partial charge in [0.25, 0.3) is 0 Å². The van der Waals surface area contributed by atoms with Gasteiger partial charge in [0.1, 0.15) is 30.5 Å². The minimum Gasteiger partial charge on any atom is -0.497 e. The summed E-state index contributed by atoms with van der Waals surface area (Å²) in [5, 5.41) is 0. The Morgan fingerprint density at radius 2 is 1.62 bits per heavy atom. The summed E-state index contributed by atoms with van der Waals surface area (Å²) in [6.07, 6.45) is 0. The van der Waals surface area contributed by atoms with Crippen molar-refractivity contribution in [3.63, 3.8) is 0 Å². The molecule has 0 fully saturated rings. The van der Waals surface area contributed by atoms with Crippen LogP contribution in [0, 0.1) is 0 Å². The molecule has 0 saturated heterocycles. The first kappa shape index (κ1) is 15.7. The number of hydrogen-bond acceptors (Lipinski definition) is 4. The van der Waals surface area contributed by atoms with Crippen LogP contribution in [0.3, 0.4) is 0 Å². The first-order valence-corrected chi connectivity index (χ1v) is 7.41. The van der Waals surface area contributed by atoms with E-state index in [1.54, 1.807) is 7.11 Å². The fourth-order valence-corrected chi connectivity index (χ4v) is 2.37. The third-order valence-electron chi connectivity index (χ3n) is 2.93. The van der Waals surface area contributed by atoms with Gasteiger partial charge in [-0.15, -0.1) is 0 Å². The molecule has 5 heteroatoms. The van der Waals surface area contributed by atoms with Crippen LogP contribution < -0.4 is 19.9 Å². The van der Waals surface area contributed by atoms with Crippen LogP contribution in [0.5, 0.6) is 17.2 Å². The molecular formula is C16H18BrNO3. The fraction of sp³-hybridized carbons (Fsp3) is 0.250. The maximum Gasteiger partial charge on any atom is 0.138 e. The second-order valence-electron chi connectivity index (χ2n) is 4.30. The van der Waals surface area contributed by atoms with Gasteiger partial charge in [0, 0.05) is 12.1 Å². The molecule has 0 aliphatic heterocycles. The van der Waals surface area contributed by atoms with Gasteiger partial charge >= 0.3 is 0 Å². The SMILES string of the molecule is COc1ccc(OCCOc2c(Br)cccc2CN)cc1. The van der Waals surface area contributed by atoms with Gasteiger partial charge in [-0.25, -0.2) is 0 Å². The van der Waals surface area contributed by atoms with Gasteiger partial charge in [-0.05, 0) is 46.3 Å². The van der Waals surface area contributed by atoms with Crippen LogP contribution in [0.25, 0.3) is 0 Å². The van der Waals surface area contributed by atoms with E-state index in [2.05, 4.69) is 15.9 Å². The molecule has 0 unspecified atom stereocenters. The van der Waals surface area contributed by atoms with Crippen LogP contribution in [0.4, 0.5) is 0 Å². The number of rotatable bonds is 7. The molecule has 2 aromatic rings. The van der Waals surface area contributed by atoms with Crippen molar-refractivity contribution in [3.8, 4) is 17.2 Å². The Balaban J connectivity index is 1.84. The maximum atomic E-state index is 5.75. The van der Waals surface area contributed by atoms with E-state index in [0.29, 0.717) is 19.8 Å². The number of ether oxygens (including phenoxy) is 3. The highest BCUT2D eigenvalue weighted by Gasteiger charge is 2.06. The predicted molar refractivity (Wildman–Crippen MR) is 86.0 cm³/mol. The Hall–Kier alpha value is -1.72. The third-order valence-corrected chi connectivity index (χ3v) is 3.55. The average Bonchev–Trinajstić information content (AvgIpc) is 2.53. The third kappa shape index (κ3) is 4.37. The van der Waals surface area contributed by atoms with Gasteiger partial charge in [-0.3, -0.25) is 0 Å². The molecule has 2 rings (SSSR count). The van der Waals surface area contributed by atoms with Crippen molar-refractivity contribution in [2.45, 2.75) is 6.54 Å². The highest BCUT2D eigenvalue weighted by molar-refractivity contribution is 9.10. The topological polar surface area (TPSA) is 53.7 Å². The highest BCUT2D eigenvalue weighted by Crippen LogP contribution is 2.28. The van der Waals surface area contributed by atoms with Gasteiger partial charge in [0.15, 0.2) is 0 Å². The van der Waals surface area contributed by atoms with Gasteiger partial charge in [0.2, 0.25) is 0 Å². The summed E-state index contributed by atoms with van der Waals surface area (Å²) in [6, 6.07) is 13.3. The van der Waals surface area contributed by atoms with Gasteiger partial charge < -0.3 is 19.9 Å². The minimum atomic E-state index is 0.439. The zero-order chi connectivity index (χ0) is 15.1. The molecule has 0 aliphatic rings. The molecular weight excluding hydrogens is 334 g/mol. The van der Waals surface area contributed by atoms with E-state index >= 15 is 0 Å². The van der Waals surface area contributed by atoms with Crippen LogP contribution in [-0.4, -0.2) is 20.3 Å². The number of methoxy groups -OCH3 is 1. The number of para-hydroxylation sites is 1. The van der Waals surface area contributed by atoms with E-state index in [-0.39, 0.29) is 0 Å². The first-order chi connectivity index (χ1) is 10.2. The fourth-order valence-electron chi connectivity index (χ4n) is 1.85. The Morgan fingerprint density at radius 3 is 2.29 bits per heavy atom. The largest absolute Gasteiger partial charge is 0.497 e. The molecule has 4 nitrogen and oxygen atoms in total. The van der Waals surface area contributed by atoms with E-state index < -0.39 is 0 Å². The van der Waals surface area contributed by atoms with Crippen molar-refractivity contribution < 1.29 is 14.2 Å². The van der Waals surface area contributed by atoms with E-state index in [4.69, 9.17) is 19.9 Å². The van der Waals surface area contributed by atoms with Crippen molar-refractivity contribution in [2.24, 2.45) is 5.73 Å². The quantitative estimate of drug-likeness (QED) is 0.777. The van der Waals surface area contributed by atoms with Crippen LogP contribution in [-0.2, 0) is 6.54 Å². The standard InChI is InChI=1S/C16H18BrNO3/c1-19-13-5-7-14(8-6-13)20-9-10-21-16-12(11-18)3-2-4-15(16)17/h2-8H,9-11,18H2,1H3. The lowest BCUT2D eigenvalue weighted by Gasteiger charge is -2.13. The molecule has 2 N–H and O–H groups in total. The number of nitrogens with two attached hydrogens (primary N) is 1. The molecule has 21 heavy (non-hydrogen) atoms. The van der Waals surface area contributed by atoms with Crippen LogP contribution >= 0.6 is 15.9 Å². The molecule has 0 atom stereocenters. The lowest BCUT2D eigenvalue weighted by Crippen LogP contribution is -2.11. The van der Waals surface area contributed by atoms with Crippen LogP contribution in [0.1, 0.15) is 5.56 Å². The van der Waals surface area contributed by atoms with Gasteiger partial charge in [0.05, 0.1) is 11.6 Å². The van der Waals surface area contributed by atoms with E-state index in [9.17, 15) is 0 Å². The molecule has 0 saturated carbocycles. The average molecular weight is 352 g/mol. The lowest BCUT2D eigenvalue weighted by molar-refractivity contribution is 0.215. The molecule has 0 spiro atoms. The molecule has 0 heterocycles. The van der Waals surface area contributed by atoms with Crippen LogP contribution in [0.2, 0.25) is 0 Å². The normalized spacial score (nSPS) is 10.2. The van der Waals surface area contributed by atoms with Crippen LogP contribution in [0.15, 0.2) is 46.9 Å². The first-order valence-electron chi connectivity index (χ1n) is 6.61. The summed E-state index contributed by atoms with van der Waals surface area (Å²) in [5.74, 6) is 2.36.